The topological polar surface area (TPSA) is 70.8 Å². The molecular weight excluding hydrogens is 472 g/mol. The summed E-state index contributed by atoms with van der Waals surface area (Å²) in [5, 5.41) is 1.81. The number of fused-ring (bicyclic) bond motifs is 1. The molecule has 0 N–H and O–H groups in total. The fourth-order valence-electron chi connectivity index (χ4n) is 4.17. The van der Waals surface area contributed by atoms with E-state index in [-0.39, 0.29) is 29.9 Å². The van der Waals surface area contributed by atoms with Gasteiger partial charge in [-0.3, -0.25) is 4.79 Å². The van der Waals surface area contributed by atoms with E-state index in [9.17, 15) is 13.2 Å². The average Bonchev–Trinajstić information content (AvgIpc) is 3.42. The third kappa shape index (κ3) is 6.04. The van der Waals surface area contributed by atoms with E-state index >= 15 is 0 Å². The number of amides is 1. The maximum atomic E-state index is 13.8. The van der Waals surface area contributed by atoms with Crippen LogP contribution in [0.25, 0.3) is 10.8 Å². The van der Waals surface area contributed by atoms with E-state index < -0.39 is 10.0 Å². The minimum Gasteiger partial charge on any atom is -0.467 e. The van der Waals surface area contributed by atoms with E-state index in [1.807, 2.05) is 80.6 Å². The van der Waals surface area contributed by atoms with Crippen LogP contribution in [0.15, 0.2) is 101 Å². The van der Waals surface area contributed by atoms with Gasteiger partial charge in [-0.15, -0.1) is 0 Å². The Hall–Kier alpha value is -3.42. The molecule has 0 radical (unpaired) electrons. The number of hydrogen-bond acceptors (Lipinski definition) is 4. The number of rotatable bonds is 11. The molecule has 0 spiro atoms. The second kappa shape index (κ2) is 11.5. The van der Waals surface area contributed by atoms with Crippen LogP contribution in [-0.4, -0.2) is 42.7 Å². The van der Waals surface area contributed by atoms with Crippen molar-refractivity contribution in [1.82, 2.24) is 9.21 Å². The Morgan fingerprint density at radius 3 is 2.33 bits per heavy atom. The normalized spacial score (nSPS) is 12.6. The van der Waals surface area contributed by atoms with Gasteiger partial charge in [0.25, 0.3) is 0 Å². The number of furan rings is 1. The number of benzene rings is 3. The van der Waals surface area contributed by atoms with Gasteiger partial charge >= 0.3 is 0 Å². The summed E-state index contributed by atoms with van der Waals surface area (Å²) in [6, 6.07) is 25.9. The maximum absolute atomic E-state index is 13.8. The molecule has 6 nitrogen and oxygen atoms in total. The highest BCUT2D eigenvalue weighted by atomic mass is 32.2. The number of nitrogens with zero attached hydrogens (tertiary/aromatic N) is 2. The van der Waals surface area contributed by atoms with E-state index in [1.54, 1.807) is 29.4 Å². The average molecular weight is 505 g/mol. The third-order valence-electron chi connectivity index (χ3n) is 6.49. The summed E-state index contributed by atoms with van der Waals surface area (Å²) >= 11 is 0. The van der Waals surface area contributed by atoms with Gasteiger partial charge in [0.2, 0.25) is 15.9 Å². The monoisotopic (exact) mass is 504 g/mol. The molecule has 1 amide bonds. The maximum Gasteiger partial charge on any atom is 0.243 e. The summed E-state index contributed by atoms with van der Waals surface area (Å²) in [5.41, 5.74) is 1.11. The predicted molar refractivity (Wildman–Crippen MR) is 142 cm³/mol. The fourth-order valence-corrected chi connectivity index (χ4v) is 5.86. The predicted octanol–water partition coefficient (Wildman–Crippen LogP) is 5.49. The lowest BCUT2D eigenvalue weighted by atomic mass is 10.1. The molecule has 0 bridgehead atoms. The van der Waals surface area contributed by atoms with Gasteiger partial charge in [0.15, 0.2) is 0 Å². The van der Waals surface area contributed by atoms with Crippen LogP contribution in [0, 0.1) is 0 Å². The Morgan fingerprint density at radius 2 is 1.64 bits per heavy atom. The lowest BCUT2D eigenvalue weighted by Crippen LogP contribution is -2.46. The van der Waals surface area contributed by atoms with Gasteiger partial charge in [-0.2, -0.15) is 4.31 Å². The van der Waals surface area contributed by atoms with E-state index in [0.717, 1.165) is 16.3 Å². The molecule has 0 unspecified atom stereocenters. The highest BCUT2D eigenvalue weighted by molar-refractivity contribution is 7.89. The molecule has 188 valence electrons. The highest BCUT2D eigenvalue weighted by Gasteiger charge is 2.32. The van der Waals surface area contributed by atoms with Crippen molar-refractivity contribution in [3.05, 3.63) is 103 Å². The lowest BCUT2D eigenvalue weighted by molar-refractivity contribution is -0.132. The van der Waals surface area contributed by atoms with E-state index in [1.165, 1.54) is 4.31 Å². The summed E-state index contributed by atoms with van der Waals surface area (Å²) in [6.45, 7) is 4.26. The van der Waals surface area contributed by atoms with Gasteiger partial charge in [-0.1, -0.05) is 67.6 Å². The number of hydrogen-bond donors (Lipinski definition) is 0. The molecule has 36 heavy (non-hydrogen) atoms. The molecule has 0 saturated carbocycles. The first-order valence-corrected chi connectivity index (χ1v) is 13.7. The SMILES string of the molecule is CC[C@H](C)N(CC(=O)N(CCc1ccccc1)Cc1ccco1)S(=O)(=O)c1ccc2ccccc2c1. The van der Waals surface area contributed by atoms with Gasteiger partial charge in [-0.25, -0.2) is 8.42 Å². The van der Waals surface area contributed by atoms with Crippen molar-refractivity contribution < 1.29 is 17.6 Å². The van der Waals surface area contributed by atoms with Crippen molar-refractivity contribution in [1.29, 1.82) is 0 Å². The molecule has 0 aliphatic carbocycles. The van der Waals surface area contributed by atoms with Crippen molar-refractivity contribution in [2.75, 3.05) is 13.1 Å². The molecule has 1 atom stereocenters. The molecule has 3 aromatic carbocycles. The minimum atomic E-state index is -3.90. The molecule has 0 saturated heterocycles. The van der Waals surface area contributed by atoms with Crippen molar-refractivity contribution in [2.24, 2.45) is 0 Å². The zero-order valence-electron chi connectivity index (χ0n) is 20.7. The Bertz CT molecular complexity index is 1390. The fraction of sp³-hybridized carbons (Fsp3) is 0.276. The van der Waals surface area contributed by atoms with Gasteiger partial charge < -0.3 is 9.32 Å². The van der Waals surface area contributed by atoms with Crippen LogP contribution in [0.1, 0.15) is 31.6 Å². The van der Waals surface area contributed by atoms with Crippen molar-refractivity contribution in [2.45, 2.75) is 44.2 Å². The molecule has 0 aliphatic heterocycles. The summed E-state index contributed by atoms with van der Waals surface area (Å²) in [6.07, 6.45) is 2.82. The molecule has 4 rings (SSSR count). The van der Waals surface area contributed by atoms with Crippen molar-refractivity contribution in [3.8, 4) is 0 Å². The zero-order valence-corrected chi connectivity index (χ0v) is 21.5. The molecule has 1 heterocycles. The summed E-state index contributed by atoms with van der Waals surface area (Å²) in [4.78, 5) is 15.5. The highest BCUT2D eigenvalue weighted by Crippen LogP contribution is 2.24. The number of carbonyl (C=O) groups excluding carboxylic acids is 1. The molecule has 1 aromatic heterocycles. The quantitative estimate of drug-likeness (QED) is 0.271. The standard InChI is InChI=1S/C29H32N2O4S/c1-3-23(2)31(36(33,34)28-16-15-25-12-7-8-13-26(25)20-28)22-29(32)30(21-27-14-9-19-35-27)18-17-24-10-5-4-6-11-24/h4-16,19-20,23H,3,17-18,21-22H2,1-2H3/t23-/m0/s1. The summed E-state index contributed by atoms with van der Waals surface area (Å²) in [7, 11) is -3.90. The largest absolute Gasteiger partial charge is 0.467 e. The van der Waals surface area contributed by atoms with E-state index in [0.29, 0.717) is 25.1 Å². The van der Waals surface area contributed by atoms with Crippen LogP contribution in [0.4, 0.5) is 0 Å². The molecule has 4 aromatic rings. The van der Waals surface area contributed by atoms with Gasteiger partial charge in [0, 0.05) is 12.6 Å². The lowest BCUT2D eigenvalue weighted by Gasteiger charge is -2.30. The van der Waals surface area contributed by atoms with E-state index in [2.05, 4.69) is 0 Å². The smallest absolute Gasteiger partial charge is 0.243 e. The van der Waals surface area contributed by atoms with Crippen LogP contribution in [0.5, 0.6) is 0 Å². The van der Waals surface area contributed by atoms with Crippen LogP contribution < -0.4 is 0 Å². The molecule has 0 fully saturated rings. The third-order valence-corrected chi connectivity index (χ3v) is 8.45. The first kappa shape index (κ1) is 25.7. The Kier molecular flexibility index (Phi) is 8.23. The van der Waals surface area contributed by atoms with Crippen molar-refractivity contribution in [3.63, 3.8) is 0 Å². The molecular formula is C29H32N2O4S. The molecule has 0 aliphatic rings. The minimum absolute atomic E-state index is 0.191. The van der Waals surface area contributed by atoms with Gasteiger partial charge in [0.1, 0.15) is 5.76 Å². The summed E-state index contributed by atoms with van der Waals surface area (Å²) in [5.74, 6) is 0.399. The van der Waals surface area contributed by atoms with Gasteiger partial charge in [0.05, 0.1) is 24.2 Å². The van der Waals surface area contributed by atoms with Crippen LogP contribution in [0.3, 0.4) is 0 Å². The zero-order chi connectivity index (χ0) is 25.5. The van der Waals surface area contributed by atoms with Gasteiger partial charge in [-0.05, 0) is 60.4 Å². The number of sulfonamides is 1. The van der Waals surface area contributed by atoms with E-state index in [4.69, 9.17) is 4.42 Å². The first-order valence-electron chi connectivity index (χ1n) is 12.2. The Labute approximate surface area is 213 Å². The second-order valence-corrected chi connectivity index (χ2v) is 10.8. The van der Waals surface area contributed by atoms with Crippen molar-refractivity contribution >= 4 is 26.7 Å². The Morgan fingerprint density at radius 1 is 0.917 bits per heavy atom. The Balaban J connectivity index is 1.59. The summed E-state index contributed by atoms with van der Waals surface area (Å²) < 4.78 is 34.4. The molecule has 7 heteroatoms. The second-order valence-electron chi connectivity index (χ2n) is 8.95. The van der Waals surface area contributed by atoms with Crippen LogP contribution in [-0.2, 0) is 27.8 Å². The van der Waals surface area contributed by atoms with Crippen LogP contribution >= 0.6 is 0 Å². The first-order chi connectivity index (χ1) is 17.4. The number of carbonyl (C=O) groups is 1. The van der Waals surface area contributed by atoms with Crippen LogP contribution in [0.2, 0.25) is 0 Å².